The lowest BCUT2D eigenvalue weighted by atomic mass is 9.91. The molecule has 0 atom stereocenters. The molecule has 2 aliphatic rings. The number of ether oxygens (including phenoxy) is 3. The van der Waals surface area contributed by atoms with Crippen LogP contribution >= 0.6 is 0 Å². The molecule has 2 aromatic rings. The van der Waals surface area contributed by atoms with Crippen LogP contribution in [0.5, 0.6) is 23.0 Å². The van der Waals surface area contributed by atoms with Crippen LogP contribution in [-0.4, -0.2) is 23.1 Å². The summed E-state index contributed by atoms with van der Waals surface area (Å²) in [5.74, 6) is 1.25. The summed E-state index contributed by atoms with van der Waals surface area (Å²) in [5.41, 5.74) is 1.24. The molecule has 1 N–H and O–H groups in total. The Kier molecular flexibility index (Phi) is 4.38. The van der Waals surface area contributed by atoms with Crippen molar-refractivity contribution < 1.29 is 24.1 Å². The number of Topliss-reactive ketones (excluding diaryl/α,β-unsaturated/α-hetero) is 1. The third-order valence-electron chi connectivity index (χ3n) is 4.93. The van der Waals surface area contributed by atoms with Gasteiger partial charge in [0.2, 0.25) is 5.78 Å². The van der Waals surface area contributed by atoms with E-state index in [2.05, 4.69) is 6.58 Å². The van der Waals surface area contributed by atoms with Crippen LogP contribution < -0.4 is 14.2 Å². The number of allylic oxidation sites excluding steroid dienone is 1. The summed E-state index contributed by atoms with van der Waals surface area (Å²) in [7, 11) is 0. The minimum absolute atomic E-state index is 0.0485. The van der Waals surface area contributed by atoms with Crippen molar-refractivity contribution in [2.45, 2.75) is 32.3 Å². The molecule has 0 amide bonds. The van der Waals surface area contributed by atoms with Crippen molar-refractivity contribution in [2.24, 2.45) is 0 Å². The molecule has 0 aliphatic carbocycles. The number of aromatic hydroxyl groups is 1. The Morgan fingerprint density at radius 2 is 2.07 bits per heavy atom. The Hall–Kier alpha value is -3.21. The monoisotopic (exact) mass is 378 g/mol. The summed E-state index contributed by atoms with van der Waals surface area (Å²) in [6, 6.07) is 9.05. The first-order valence-electron chi connectivity index (χ1n) is 9.24. The van der Waals surface area contributed by atoms with Gasteiger partial charge in [0, 0.05) is 17.2 Å². The van der Waals surface area contributed by atoms with Gasteiger partial charge >= 0.3 is 0 Å². The number of ketones is 1. The summed E-state index contributed by atoms with van der Waals surface area (Å²) < 4.78 is 17.4. The van der Waals surface area contributed by atoms with Gasteiger partial charge in [0.1, 0.15) is 40.8 Å². The van der Waals surface area contributed by atoms with Gasteiger partial charge in [0.05, 0.1) is 0 Å². The summed E-state index contributed by atoms with van der Waals surface area (Å²) in [6.07, 6.45) is 4.69. The lowest BCUT2D eigenvalue weighted by Crippen LogP contribution is -2.32. The van der Waals surface area contributed by atoms with Gasteiger partial charge in [0.15, 0.2) is 5.76 Å². The molecule has 0 aromatic heterocycles. The summed E-state index contributed by atoms with van der Waals surface area (Å²) >= 11 is 0. The standard InChI is InChI=1S/C23H22O5/c1-4-11-26-16-8-6-5-7-14(16)12-19-22(25)20-18(27-19)13-17-15(21(20)24)9-10-23(2,3)28-17/h4-8,12-13,24H,1,9-11H2,2-3H3/b19-12-. The molecule has 0 unspecified atom stereocenters. The van der Waals surface area contributed by atoms with Crippen molar-refractivity contribution >= 4 is 11.9 Å². The molecule has 4 rings (SSSR count). The lowest BCUT2D eigenvalue weighted by molar-refractivity contribution is 0.0834. The molecule has 0 saturated heterocycles. The molecular weight excluding hydrogens is 356 g/mol. The number of rotatable bonds is 4. The molecule has 2 heterocycles. The number of phenols is 1. The maximum absolute atomic E-state index is 12.9. The van der Waals surface area contributed by atoms with E-state index in [1.807, 2.05) is 38.1 Å². The molecule has 2 aromatic carbocycles. The second-order valence-corrected chi connectivity index (χ2v) is 7.51. The van der Waals surface area contributed by atoms with Crippen molar-refractivity contribution in [2.75, 3.05) is 6.61 Å². The molecule has 5 heteroatoms. The lowest BCUT2D eigenvalue weighted by Gasteiger charge is -2.33. The van der Waals surface area contributed by atoms with E-state index in [1.54, 1.807) is 18.2 Å². The average molecular weight is 378 g/mol. The molecule has 0 bridgehead atoms. The van der Waals surface area contributed by atoms with Crippen molar-refractivity contribution in [3.05, 3.63) is 65.4 Å². The molecule has 144 valence electrons. The van der Waals surface area contributed by atoms with Crippen LogP contribution in [0.15, 0.2) is 48.7 Å². The largest absolute Gasteiger partial charge is 0.507 e. The quantitative estimate of drug-likeness (QED) is 0.618. The van der Waals surface area contributed by atoms with E-state index in [-0.39, 0.29) is 28.5 Å². The van der Waals surface area contributed by atoms with E-state index in [1.165, 1.54) is 0 Å². The number of benzene rings is 2. The third kappa shape index (κ3) is 3.13. The summed E-state index contributed by atoms with van der Waals surface area (Å²) in [5, 5.41) is 10.7. The second kappa shape index (κ2) is 6.75. The number of para-hydroxylation sites is 1. The van der Waals surface area contributed by atoms with Crippen LogP contribution in [-0.2, 0) is 6.42 Å². The smallest absolute Gasteiger partial charge is 0.235 e. The Morgan fingerprint density at radius 1 is 1.29 bits per heavy atom. The van der Waals surface area contributed by atoms with Crippen LogP contribution in [0.2, 0.25) is 0 Å². The highest BCUT2D eigenvalue weighted by Crippen LogP contribution is 2.48. The van der Waals surface area contributed by atoms with Gasteiger partial charge in [-0.1, -0.05) is 30.9 Å². The molecule has 0 saturated carbocycles. The van der Waals surface area contributed by atoms with Crippen molar-refractivity contribution in [1.82, 2.24) is 0 Å². The van der Waals surface area contributed by atoms with Crippen molar-refractivity contribution in [1.29, 1.82) is 0 Å². The highest BCUT2D eigenvalue weighted by Gasteiger charge is 2.37. The Morgan fingerprint density at radius 3 is 2.86 bits per heavy atom. The second-order valence-electron chi connectivity index (χ2n) is 7.51. The van der Waals surface area contributed by atoms with E-state index >= 15 is 0 Å². The van der Waals surface area contributed by atoms with Gasteiger partial charge < -0.3 is 19.3 Å². The zero-order valence-electron chi connectivity index (χ0n) is 16.0. The minimum atomic E-state index is -0.348. The number of hydrogen-bond acceptors (Lipinski definition) is 5. The zero-order valence-corrected chi connectivity index (χ0v) is 16.0. The number of phenolic OH excluding ortho intramolecular Hbond substituents is 1. The first-order valence-corrected chi connectivity index (χ1v) is 9.24. The average Bonchev–Trinajstić information content (AvgIpc) is 2.95. The molecule has 2 aliphatic heterocycles. The third-order valence-corrected chi connectivity index (χ3v) is 4.93. The van der Waals surface area contributed by atoms with Gasteiger partial charge in [-0.05, 0) is 38.8 Å². The first-order chi connectivity index (χ1) is 13.4. The topological polar surface area (TPSA) is 65.0 Å². The van der Waals surface area contributed by atoms with Crippen molar-refractivity contribution in [3.8, 4) is 23.0 Å². The van der Waals surface area contributed by atoms with E-state index < -0.39 is 0 Å². The van der Waals surface area contributed by atoms with E-state index in [0.717, 1.165) is 6.42 Å². The molecule has 0 spiro atoms. The van der Waals surface area contributed by atoms with Gasteiger partial charge in [-0.2, -0.15) is 0 Å². The van der Waals surface area contributed by atoms with Crippen molar-refractivity contribution in [3.63, 3.8) is 0 Å². The number of carbonyl (C=O) groups excluding carboxylic acids is 1. The van der Waals surface area contributed by atoms with E-state index in [4.69, 9.17) is 14.2 Å². The number of hydrogen-bond donors (Lipinski definition) is 1. The molecule has 0 fully saturated rings. The SMILES string of the molecule is C=CCOc1ccccc1/C=C1\Oc2cc3c(c(O)c2C1=O)CCC(C)(C)O3. The predicted octanol–water partition coefficient (Wildman–Crippen LogP) is 4.68. The van der Waals surface area contributed by atoms with Crippen LogP contribution in [0.25, 0.3) is 6.08 Å². The van der Waals surface area contributed by atoms with E-state index in [0.29, 0.717) is 41.4 Å². The minimum Gasteiger partial charge on any atom is -0.507 e. The Labute approximate surface area is 163 Å². The number of carbonyl (C=O) groups is 1. The fraction of sp³-hybridized carbons (Fsp3) is 0.261. The maximum atomic E-state index is 12.9. The summed E-state index contributed by atoms with van der Waals surface area (Å²) in [4.78, 5) is 12.9. The van der Waals surface area contributed by atoms with Gasteiger partial charge in [-0.25, -0.2) is 0 Å². The van der Waals surface area contributed by atoms with Crippen LogP contribution in [0.3, 0.4) is 0 Å². The van der Waals surface area contributed by atoms with Gasteiger partial charge in [-0.3, -0.25) is 4.79 Å². The van der Waals surface area contributed by atoms with Crippen LogP contribution in [0.1, 0.15) is 41.8 Å². The zero-order chi connectivity index (χ0) is 19.9. The first kappa shape index (κ1) is 18.2. The molecule has 0 radical (unpaired) electrons. The maximum Gasteiger partial charge on any atom is 0.235 e. The Balaban J connectivity index is 1.72. The molecule has 5 nitrogen and oxygen atoms in total. The fourth-order valence-electron chi connectivity index (χ4n) is 3.47. The number of fused-ring (bicyclic) bond motifs is 2. The summed E-state index contributed by atoms with van der Waals surface area (Å²) in [6.45, 7) is 8.00. The Bertz CT molecular complexity index is 1000. The normalized spacial score (nSPS) is 18.1. The molecular formula is C23H22O5. The van der Waals surface area contributed by atoms with Crippen LogP contribution in [0, 0.1) is 0 Å². The molecule has 28 heavy (non-hydrogen) atoms. The highest BCUT2D eigenvalue weighted by molar-refractivity contribution is 6.16. The van der Waals surface area contributed by atoms with Gasteiger partial charge in [-0.15, -0.1) is 0 Å². The van der Waals surface area contributed by atoms with E-state index in [9.17, 15) is 9.90 Å². The highest BCUT2D eigenvalue weighted by atomic mass is 16.5. The predicted molar refractivity (Wildman–Crippen MR) is 106 cm³/mol. The van der Waals surface area contributed by atoms with Crippen LogP contribution in [0.4, 0.5) is 0 Å². The fourth-order valence-corrected chi connectivity index (χ4v) is 3.47. The van der Waals surface area contributed by atoms with Gasteiger partial charge in [0.25, 0.3) is 0 Å².